The number of halogens is 1. The van der Waals surface area contributed by atoms with Gasteiger partial charge in [-0.15, -0.1) is 0 Å². The Morgan fingerprint density at radius 3 is 2.04 bits per heavy atom. The van der Waals surface area contributed by atoms with Gasteiger partial charge < -0.3 is 0 Å². The first-order chi connectivity index (χ1) is 13.6. The largest absolute Gasteiger partial charge is 0.293 e. The Bertz CT molecular complexity index is 1050. The Hall–Kier alpha value is -2.71. The van der Waals surface area contributed by atoms with Crippen molar-refractivity contribution in [1.82, 2.24) is 0 Å². The van der Waals surface area contributed by atoms with Crippen LogP contribution in [0.4, 0.5) is 0 Å². The van der Waals surface area contributed by atoms with Crippen LogP contribution in [0.3, 0.4) is 0 Å². The number of Topliss-reactive ketones (excluding diaryl/α,β-unsaturated/α-hetero) is 2. The van der Waals surface area contributed by atoms with Crippen molar-refractivity contribution in [2.75, 3.05) is 0 Å². The quantitative estimate of drug-likeness (QED) is 0.518. The van der Waals surface area contributed by atoms with Gasteiger partial charge in [0.1, 0.15) is 0 Å². The van der Waals surface area contributed by atoms with Crippen LogP contribution in [0.25, 0.3) is 0 Å². The third-order valence-electron chi connectivity index (χ3n) is 6.25. The van der Waals surface area contributed by atoms with Crippen LogP contribution in [0, 0.1) is 5.92 Å². The molecule has 3 aromatic rings. The molecule has 28 heavy (non-hydrogen) atoms. The van der Waals surface area contributed by atoms with Crippen molar-refractivity contribution in [3.05, 3.63) is 106 Å². The fraction of sp³-hybridized carbons (Fsp3) is 0.200. The van der Waals surface area contributed by atoms with Crippen molar-refractivity contribution in [3.63, 3.8) is 0 Å². The van der Waals surface area contributed by atoms with Gasteiger partial charge in [0.25, 0.3) is 0 Å². The lowest BCUT2D eigenvalue weighted by atomic mass is 9.66. The molecule has 2 aliphatic rings. The van der Waals surface area contributed by atoms with Crippen LogP contribution in [0.5, 0.6) is 0 Å². The molecule has 0 unspecified atom stereocenters. The van der Waals surface area contributed by atoms with E-state index in [1.165, 1.54) is 5.56 Å². The van der Waals surface area contributed by atoms with Crippen LogP contribution < -0.4 is 0 Å². The van der Waals surface area contributed by atoms with E-state index in [-0.39, 0.29) is 23.4 Å². The van der Waals surface area contributed by atoms with E-state index in [1.54, 1.807) is 12.1 Å². The van der Waals surface area contributed by atoms with Crippen molar-refractivity contribution < 1.29 is 9.59 Å². The van der Waals surface area contributed by atoms with Crippen LogP contribution in [0.15, 0.2) is 72.8 Å². The molecule has 2 atom stereocenters. The molecule has 0 saturated heterocycles. The Morgan fingerprint density at radius 1 is 0.750 bits per heavy atom. The lowest BCUT2D eigenvalue weighted by Crippen LogP contribution is -2.32. The summed E-state index contributed by atoms with van der Waals surface area (Å²) in [6, 6.07) is 23.3. The Kier molecular flexibility index (Phi) is 4.17. The molecule has 0 aromatic heterocycles. The van der Waals surface area contributed by atoms with Gasteiger partial charge in [0.2, 0.25) is 0 Å². The third kappa shape index (κ3) is 2.63. The smallest absolute Gasteiger partial charge is 0.175 e. The summed E-state index contributed by atoms with van der Waals surface area (Å²) in [4.78, 5) is 26.6. The third-order valence-corrected chi connectivity index (χ3v) is 6.50. The number of hydrogen-bond acceptors (Lipinski definition) is 2. The Morgan fingerprint density at radius 2 is 1.36 bits per heavy atom. The SMILES string of the molecule is O=C1c2ccccc2C(=O)C1[C@H]1c2ccccc2CC[C@H]1c1ccc(Cl)cc1. The minimum absolute atomic E-state index is 0.0405. The summed E-state index contributed by atoms with van der Waals surface area (Å²) in [6.45, 7) is 0. The molecule has 0 aliphatic heterocycles. The molecule has 0 amide bonds. The highest BCUT2D eigenvalue weighted by Crippen LogP contribution is 2.50. The summed E-state index contributed by atoms with van der Waals surface area (Å²) in [6.07, 6.45) is 1.86. The molecular formula is C25H19ClO2. The van der Waals surface area contributed by atoms with Crippen molar-refractivity contribution >= 4 is 23.2 Å². The molecule has 0 saturated carbocycles. The fourth-order valence-corrected chi connectivity index (χ4v) is 5.11. The summed E-state index contributed by atoms with van der Waals surface area (Å²) in [5.74, 6) is -0.778. The first-order valence-corrected chi connectivity index (χ1v) is 10.0. The zero-order valence-electron chi connectivity index (χ0n) is 15.3. The van der Waals surface area contributed by atoms with Crippen molar-refractivity contribution in [2.45, 2.75) is 24.7 Å². The highest BCUT2D eigenvalue weighted by atomic mass is 35.5. The molecule has 0 radical (unpaired) electrons. The number of ketones is 2. The zero-order chi connectivity index (χ0) is 19.3. The van der Waals surface area contributed by atoms with Crippen molar-refractivity contribution in [1.29, 1.82) is 0 Å². The number of rotatable bonds is 2. The maximum atomic E-state index is 13.3. The molecule has 0 heterocycles. The van der Waals surface area contributed by atoms with Crippen LogP contribution in [0.2, 0.25) is 5.02 Å². The molecule has 2 nitrogen and oxygen atoms in total. The van der Waals surface area contributed by atoms with E-state index in [1.807, 2.05) is 48.5 Å². The maximum Gasteiger partial charge on any atom is 0.175 e. The number of carbonyl (C=O) groups is 2. The van der Waals surface area contributed by atoms with E-state index in [2.05, 4.69) is 12.1 Å². The van der Waals surface area contributed by atoms with Gasteiger partial charge in [-0.3, -0.25) is 9.59 Å². The van der Waals surface area contributed by atoms with Crippen molar-refractivity contribution in [3.8, 4) is 0 Å². The van der Waals surface area contributed by atoms with Gasteiger partial charge in [-0.25, -0.2) is 0 Å². The van der Waals surface area contributed by atoms with Gasteiger partial charge in [-0.05, 0) is 47.6 Å². The predicted octanol–water partition coefficient (Wildman–Crippen LogP) is 5.85. The number of carbonyl (C=O) groups excluding carboxylic acids is 2. The van der Waals surface area contributed by atoms with Crippen molar-refractivity contribution in [2.24, 2.45) is 5.92 Å². The van der Waals surface area contributed by atoms with E-state index in [0.717, 1.165) is 24.0 Å². The normalized spacial score (nSPS) is 21.5. The average molecular weight is 387 g/mol. The molecule has 3 aromatic carbocycles. The topological polar surface area (TPSA) is 34.1 Å². The minimum atomic E-state index is -0.653. The second-order valence-corrected chi connectivity index (χ2v) is 8.11. The molecule has 5 rings (SSSR count). The summed E-state index contributed by atoms with van der Waals surface area (Å²) in [5.41, 5.74) is 4.65. The van der Waals surface area contributed by atoms with Gasteiger partial charge in [-0.2, -0.15) is 0 Å². The Balaban J connectivity index is 1.66. The van der Waals surface area contributed by atoms with Crippen LogP contribution in [0.1, 0.15) is 55.7 Å². The predicted molar refractivity (Wildman–Crippen MR) is 110 cm³/mol. The first-order valence-electron chi connectivity index (χ1n) is 9.66. The number of aryl methyl sites for hydroxylation is 1. The number of benzene rings is 3. The highest BCUT2D eigenvalue weighted by molar-refractivity contribution is 6.30. The number of hydrogen-bond donors (Lipinski definition) is 0. The van der Waals surface area contributed by atoms with Crippen LogP contribution in [-0.4, -0.2) is 11.6 Å². The van der Waals surface area contributed by atoms with Crippen LogP contribution in [-0.2, 0) is 6.42 Å². The maximum absolute atomic E-state index is 13.3. The van der Waals surface area contributed by atoms with Gasteiger partial charge in [0, 0.05) is 22.1 Å². The zero-order valence-corrected chi connectivity index (χ0v) is 16.0. The van der Waals surface area contributed by atoms with Gasteiger partial charge in [0.15, 0.2) is 11.6 Å². The lowest BCUT2D eigenvalue weighted by molar-refractivity contribution is 0.0800. The van der Waals surface area contributed by atoms with E-state index < -0.39 is 5.92 Å². The van der Waals surface area contributed by atoms with E-state index >= 15 is 0 Å². The second-order valence-electron chi connectivity index (χ2n) is 7.67. The summed E-state index contributed by atoms with van der Waals surface area (Å²) in [5, 5.41) is 0.692. The van der Waals surface area contributed by atoms with E-state index in [9.17, 15) is 9.59 Å². The molecular weight excluding hydrogens is 368 g/mol. The summed E-state index contributed by atoms with van der Waals surface area (Å²) >= 11 is 6.09. The lowest BCUT2D eigenvalue weighted by Gasteiger charge is -2.36. The molecule has 0 bridgehead atoms. The molecule has 3 heteroatoms. The van der Waals surface area contributed by atoms with Gasteiger partial charge in [0.05, 0.1) is 5.92 Å². The molecule has 138 valence electrons. The standard InChI is InChI=1S/C25H19ClO2/c26-17-12-9-16(10-13-17)19-14-11-15-5-1-2-6-18(15)22(19)23-24(27)20-7-3-4-8-21(20)25(23)28/h1-10,12-13,19,22-23H,11,14H2/t19-,22-/m0/s1. The van der Waals surface area contributed by atoms with Crippen LogP contribution >= 0.6 is 11.6 Å². The van der Waals surface area contributed by atoms with E-state index in [0.29, 0.717) is 16.1 Å². The highest BCUT2D eigenvalue weighted by Gasteiger charge is 2.48. The Labute approximate surface area is 169 Å². The minimum Gasteiger partial charge on any atom is -0.293 e. The monoisotopic (exact) mass is 386 g/mol. The molecule has 0 N–H and O–H groups in total. The summed E-state index contributed by atoms with van der Waals surface area (Å²) < 4.78 is 0. The molecule has 0 fully saturated rings. The molecule has 0 spiro atoms. The van der Waals surface area contributed by atoms with Gasteiger partial charge in [-0.1, -0.05) is 72.3 Å². The van der Waals surface area contributed by atoms with Gasteiger partial charge >= 0.3 is 0 Å². The first kappa shape index (κ1) is 17.4. The molecule has 2 aliphatic carbocycles. The average Bonchev–Trinajstić information content (AvgIpc) is 2.98. The number of fused-ring (bicyclic) bond motifs is 2. The second kappa shape index (κ2) is 6.72. The van der Waals surface area contributed by atoms with E-state index in [4.69, 9.17) is 11.6 Å². The summed E-state index contributed by atoms with van der Waals surface area (Å²) in [7, 11) is 0. The fourth-order valence-electron chi connectivity index (χ4n) is 4.98.